The second kappa shape index (κ2) is 14.9. The third-order valence-electron chi connectivity index (χ3n) is 6.11. The summed E-state index contributed by atoms with van der Waals surface area (Å²) < 4.78 is 87.4. The van der Waals surface area contributed by atoms with E-state index in [-0.39, 0.29) is 13.0 Å². The summed E-state index contributed by atoms with van der Waals surface area (Å²) in [5.41, 5.74) is -0.0206. The van der Waals surface area contributed by atoms with Crippen LogP contribution in [-0.4, -0.2) is 103 Å². The summed E-state index contributed by atoms with van der Waals surface area (Å²) in [4.78, 5) is 24.4. The van der Waals surface area contributed by atoms with Gasteiger partial charge in [-0.1, -0.05) is 30.3 Å². The first-order valence-corrected chi connectivity index (χ1v) is 18.5. The first-order chi connectivity index (χ1) is 19.3. The van der Waals surface area contributed by atoms with Gasteiger partial charge in [0.05, 0.1) is 23.3 Å². The lowest BCUT2D eigenvalue weighted by Crippen LogP contribution is -2.49. The number of rotatable bonds is 15. The average molecular weight is 654 g/mol. The van der Waals surface area contributed by atoms with Crippen LogP contribution in [0.25, 0.3) is 0 Å². The highest BCUT2D eigenvalue weighted by Crippen LogP contribution is 2.21. The van der Waals surface area contributed by atoms with Crippen molar-refractivity contribution >= 4 is 42.1 Å². The standard InChI is InChI=1S/C25H43N5O9S3/c1-19(17-40(33,34)27-13-15-42(37,38)30-14-9-12-22(30)23(31)26-5)29-41(35,36)18-21(16-20-10-7-6-8-11-20)28-24(32)39-25(2,3)4/h6-8,10-11,19,21-22,27,29H,9,12-18H2,1-5H3,(H,26,31)(H,28,32)/t19-,21-,22-/m0/s1. The number of amides is 2. The van der Waals surface area contributed by atoms with Crippen molar-refractivity contribution in [2.24, 2.45) is 0 Å². The summed E-state index contributed by atoms with van der Waals surface area (Å²) in [5, 5.41) is 5.01. The number of nitrogens with zero attached hydrogens (tertiary/aromatic N) is 1. The van der Waals surface area contributed by atoms with Gasteiger partial charge in [0.2, 0.25) is 36.0 Å². The topological polar surface area (TPSA) is 197 Å². The zero-order valence-electron chi connectivity index (χ0n) is 24.6. The molecule has 0 spiro atoms. The lowest BCUT2D eigenvalue weighted by molar-refractivity contribution is -0.123. The van der Waals surface area contributed by atoms with Crippen LogP contribution in [0.4, 0.5) is 4.79 Å². The van der Waals surface area contributed by atoms with Crippen molar-refractivity contribution in [2.75, 3.05) is 37.4 Å². The molecule has 0 saturated carbocycles. The molecule has 17 heteroatoms. The van der Waals surface area contributed by atoms with Gasteiger partial charge in [0.1, 0.15) is 11.6 Å². The number of benzene rings is 1. The highest BCUT2D eigenvalue weighted by molar-refractivity contribution is 7.90. The molecule has 14 nitrogen and oxygen atoms in total. The maximum Gasteiger partial charge on any atom is 0.407 e. The summed E-state index contributed by atoms with van der Waals surface area (Å²) in [5.74, 6) is -2.18. The van der Waals surface area contributed by atoms with Gasteiger partial charge in [-0.3, -0.25) is 4.79 Å². The van der Waals surface area contributed by atoms with Crippen LogP contribution in [0, 0.1) is 0 Å². The van der Waals surface area contributed by atoms with E-state index in [1.807, 2.05) is 0 Å². The van der Waals surface area contributed by atoms with Crippen molar-refractivity contribution in [3.05, 3.63) is 35.9 Å². The minimum absolute atomic E-state index is 0.167. The summed E-state index contributed by atoms with van der Waals surface area (Å²) in [6, 6.07) is 6.15. The lowest BCUT2D eigenvalue weighted by atomic mass is 10.1. The van der Waals surface area contributed by atoms with E-state index >= 15 is 0 Å². The van der Waals surface area contributed by atoms with Gasteiger partial charge in [-0.25, -0.2) is 39.5 Å². The molecule has 0 bridgehead atoms. The largest absolute Gasteiger partial charge is 0.444 e. The van der Waals surface area contributed by atoms with Gasteiger partial charge in [-0.2, -0.15) is 4.31 Å². The predicted molar refractivity (Wildman–Crippen MR) is 159 cm³/mol. The second-order valence-corrected chi connectivity index (χ2v) is 16.9. The van der Waals surface area contributed by atoms with E-state index in [0.717, 1.165) is 9.87 Å². The van der Waals surface area contributed by atoms with Crippen LogP contribution < -0.4 is 20.1 Å². The van der Waals surface area contributed by atoms with Crippen molar-refractivity contribution in [3.8, 4) is 0 Å². The van der Waals surface area contributed by atoms with Gasteiger partial charge in [-0.15, -0.1) is 0 Å². The lowest BCUT2D eigenvalue weighted by Gasteiger charge is -2.24. The molecule has 240 valence electrons. The van der Waals surface area contributed by atoms with E-state index in [2.05, 4.69) is 20.1 Å². The molecule has 0 unspecified atom stereocenters. The van der Waals surface area contributed by atoms with Crippen molar-refractivity contribution in [2.45, 2.75) is 70.7 Å². The normalized spacial score (nSPS) is 18.3. The highest BCUT2D eigenvalue weighted by atomic mass is 32.2. The molecule has 1 fully saturated rings. The summed E-state index contributed by atoms with van der Waals surface area (Å²) in [7, 11) is -10.7. The zero-order valence-corrected chi connectivity index (χ0v) is 27.1. The quantitative estimate of drug-likeness (QED) is 0.200. The Bertz CT molecular complexity index is 1380. The molecule has 4 N–H and O–H groups in total. The van der Waals surface area contributed by atoms with Crippen molar-refractivity contribution < 1.29 is 39.6 Å². The Morgan fingerprint density at radius 2 is 1.67 bits per heavy atom. The maximum atomic E-state index is 13.0. The van der Waals surface area contributed by atoms with E-state index in [0.29, 0.717) is 12.8 Å². The van der Waals surface area contributed by atoms with Crippen LogP contribution in [0.3, 0.4) is 0 Å². The number of nitrogens with one attached hydrogen (secondary N) is 4. The van der Waals surface area contributed by atoms with Gasteiger partial charge in [0.15, 0.2) is 0 Å². The third-order valence-corrected chi connectivity index (χ3v) is 11.2. The van der Waals surface area contributed by atoms with Gasteiger partial charge in [0.25, 0.3) is 0 Å². The molecular weight excluding hydrogens is 611 g/mol. The van der Waals surface area contributed by atoms with Crippen molar-refractivity contribution in [1.82, 2.24) is 24.4 Å². The average Bonchev–Trinajstić information content (AvgIpc) is 3.32. The third kappa shape index (κ3) is 12.5. The summed E-state index contributed by atoms with van der Waals surface area (Å²) >= 11 is 0. The van der Waals surface area contributed by atoms with E-state index in [1.54, 1.807) is 51.1 Å². The summed E-state index contributed by atoms with van der Waals surface area (Å²) in [6.07, 6.45) is 0.285. The maximum absolute atomic E-state index is 13.0. The fraction of sp³-hybridized carbons (Fsp3) is 0.680. The van der Waals surface area contributed by atoms with Crippen molar-refractivity contribution in [1.29, 1.82) is 0 Å². The van der Waals surface area contributed by atoms with Crippen LogP contribution in [0.2, 0.25) is 0 Å². The zero-order chi connectivity index (χ0) is 31.8. The number of hydrogen-bond donors (Lipinski definition) is 4. The molecule has 0 aliphatic carbocycles. The number of sulfonamides is 3. The number of likely N-dealkylation sites (N-methyl/N-ethyl adjacent to an activating group) is 1. The molecule has 3 atom stereocenters. The molecule has 0 aromatic heterocycles. The van der Waals surface area contributed by atoms with E-state index < -0.39 is 89.6 Å². The molecule has 42 heavy (non-hydrogen) atoms. The van der Waals surface area contributed by atoms with Crippen LogP contribution in [0.5, 0.6) is 0 Å². The Hall–Kier alpha value is -2.31. The number of alkyl carbamates (subject to hydrolysis) is 1. The van der Waals surface area contributed by atoms with Crippen molar-refractivity contribution in [3.63, 3.8) is 0 Å². The molecule has 1 saturated heterocycles. The van der Waals surface area contributed by atoms with Crippen LogP contribution in [-0.2, 0) is 46.0 Å². The monoisotopic (exact) mass is 653 g/mol. The Balaban J connectivity index is 1.97. The fourth-order valence-electron chi connectivity index (χ4n) is 4.51. The Morgan fingerprint density at radius 1 is 1.02 bits per heavy atom. The first kappa shape index (κ1) is 35.9. The first-order valence-electron chi connectivity index (χ1n) is 13.5. The Labute approximate surface area is 249 Å². The molecule has 2 amide bonds. The van der Waals surface area contributed by atoms with Crippen LogP contribution in [0.1, 0.15) is 46.1 Å². The molecule has 1 aliphatic heterocycles. The molecule has 1 aliphatic rings. The predicted octanol–water partition coefficient (Wildman–Crippen LogP) is -0.110. The number of carbonyl (C=O) groups is 2. The summed E-state index contributed by atoms with van der Waals surface area (Å²) in [6.45, 7) is 6.11. The fourth-order valence-corrected chi connectivity index (χ4v) is 9.13. The van der Waals surface area contributed by atoms with Gasteiger partial charge in [0, 0.05) is 26.2 Å². The van der Waals surface area contributed by atoms with E-state index in [4.69, 9.17) is 4.74 Å². The molecular formula is C25H43N5O9S3. The van der Waals surface area contributed by atoms with Gasteiger partial charge in [-0.05, 0) is 52.5 Å². The van der Waals surface area contributed by atoms with Gasteiger partial charge < -0.3 is 15.4 Å². The second-order valence-electron chi connectivity index (χ2n) is 11.2. The number of ether oxygens (including phenoxy) is 1. The molecule has 2 rings (SSSR count). The molecule has 1 heterocycles. The smallest absolute Gasteiger partial charge is 0.407 e. The van der Waals surface area contributed by atoms with Crippen LogP contribution in [0.15, 0.2) is 30.3 Å². The van der Waals surface area contributed by atoms with Crippen LogP contribution >= 0.6 is 0 Å². The Morgan fingerprint density at radius 3 is 2.26 bits per heavy atom. The van der Waals surface area contributed by atoms with E-state index in [1.165, 1.54) is 14.0 Å². The number of hydrogen-bond acceptors (Lipinski definition) is 9. The molecule has 0 radical (unpaired) electrons. The minimum Gasteiger partial charge on any atom is -0.444 e. The minimum atomic E-state index is -4.09. The van der Waals surface area contributed by atoms with E-state index in [9.17, 15) is 34.8 Å². The number of carbonyl (C=O) groups excluding carboxylic acids is 2. The SMILES string of the molecule is CNC(=O)[C@@H]1CCCN1S(=O)(=O)CCNS(=O)(=O)C[C@H](C)NS(=O)(=O)C[C@H](Cc1ccccc1)NC(=O)OC(C)(C)C. The molecule has 1 aromatic carbocycles. The Kier molecular flexibility index (Phi) is 12.7. The van der Waals surface area contributed by atoms with Gasteiger partial charge >= 0.3 is 6.09 Å². The highest BCUT2D eigenvalue weighted by Gasteiger charge is 2.38. The molecule has 1 aromatic rings.